The Morgan fingerprint density at radius 1 is 1.34 bits per heavy atom. The SMILES string of the molecule is CCCO[C@]1(C(=O)Nc2ccc(OCC(C)C)c3ncccc23)CCC[C@H](C)C1. The van der Waals surface area contributed by atoms with E-state index in [0.29, 0.717) is 25.0 Å². The molecule has 5 nitrogen and oxygen atoms in total. The number of carbonyl (C=O) groups excluding carboxylic acids is 1. The second-order valence-corrected chi connectivity index (χ2v) is 8.71. The highest BCUT2D eigenvalue weighted by Gasteiger charge is 2.42. The number of fused-ring (bicyclic) bond motifs is 1. The Hall–Kier alpha value is -2.14. The van der Waals surface area contributed by atoms with E-state index in [0.717, 1.165) is 54.4 Å². The van der Waals surface area contributed by atoms with Crippen LogP contribution in [0.3, 0.4) is 0 Å². The molecule has 1 aliphatic carbocycles. The van der Waals surface area contributed by atoms with Crippen LogP contribution in [0, 0.1) is 11.8 Å². The van der Waals surface area contributed by atoms with Crippen molar-refractivity contribution in [2.75, 3.05) is 18.5 Å². The Balaban J connectivity index is 1.88. The first-order chi connectivity index (χ1) is 13.9. The summed E-state index contributed by atoms with van der Waals surface area (Å²) in [7, 11) is 0. The van der Waals surface area contributed by atoms with E-state index < -0.39 is 5.60 Å². The third kappa shape index (κ3) is 5.08. The minimum absolute atomic E-state index is 0.0431. The number of rotatable bonds is 8. The van der Waals surface area contributed by atoms with Crippen LogP contribution in [0.25, 0.3) is 10.9 Å². The van der Waals surface area contributed by atoms with Gasteiger partial charge in [-0.05, 0) is 61.8 Å². The second kappa shape index (κ2) is 9.57. The molecule has 1 amide bonds. The average molecular weight is 399 g/mol. The third-order valence-corrected chi connectivity index (χ3v) is 5.51. The molecule has 0 radical (unpaired) electrons. The minimum atomic E-state index is -0.741. The topological polar surface area (TPSA) is 60.5 Å². The summed E-state index contributed by atoms with van der Waals surface area (Å²) < 4.78 is 12.1. The lowest BCUT2D eigenvalue weighted by molar-refractivity contribution is -0.148. The quantitative estimate of drug-likeness (QED) is 0.630. The van der Waals surface area contributed by atoms with Crippen LogP contribution in [0.5, 0.6) is 5.75 Å². The van der Waals surface area contributed by atoms with E-state index >= 15 is 0 Å². The van der Waals surface area contributed by atoms with E-state index in [1.165, 1.54) is 0 Å². The number of carbonyl (C=O) groups is 1. The fourth-order valence-corrected chi connectivity index (χ4v) is 4.07. The van der Waals surface area contributed by atoms with Gasteiger partial charge in [0, 0.05) is 18.2 Å². The standard InChI is InChI=1S/C24H34N2O3/c1-5-14-29-24(12-6-8-18(4)15-24)23(27)26-20-10-11-21(28-16-17(2)3)22-19(20)9-7-13-25-22/h7,9-11,13,17-18H,5-6,8,12,14-16H2,1-4H3,(H,26,27)/t18-,24+/m0/s1. The molecule has 5 heteroatoms. The highest BCUT2D eigenvalue weighted by atomic mass is 16.5. The Kier molecular flexibility index (Phi) is 7.12. The second-order valence-electron chi connectivity index (χ2n) is 8.71. The van der Waals surface area contributed by atoms with Crippen LogP contribution in [0.15, 0.2) is 30.5 Å². The molecule has 0 aliphatic heterocycles. The molecule has 0 saturated heterocycles. The summed E-state index contributed by atoms with van der Waals surface area (Å²) in [5.41, 5.74) is 0.786. The molecule has 0 spiro atoms. The molecule has 1 aliphatic rings. The number of pyridine rings is 1. The van der Waals surface area contributed by atoms with Gasteiger partial charge in [-0.2, -0.15) is 0 Å². The predicted octanol–water partition coefficient (Wildman–Crippen LogP) is 5.58. The van der Waals surface area contributed by atoms with Crippen molar-refractivity contribution in [1.29, 1.82) is 0 Å². The normalized spacial score (nSPS) is 22.0. The van der Waals surface area contributed by atoms with Crippen molar-refractivity contribution in [3.8, 4) is 5.75 Å². The van der Waals surface area contributed by atoms with E-state index in [1.54, 1.807) is 6.20 Å². The molecule has 1 aromatic carbocycles. The summed E-state index contributed by atoms with van der Waals surface area (Å²) >= 11 is 0. The molecule has 29 heavy (non-hydrogen) atoms. The maximum Gasteiger partial charge on any atom is 0.256 e. The molecule has 1 heterocycles. The predicted molar refractivity (Wildman–Crippen MR) is 117 cm³/mol. The number of nitrogens with zero attached hydrogens (tertiary/aromatic N) is 1. The van der Waals surface area contributed by atoms with Gasteiger partial charge >= 0.3 is 0 Å². The molecule has 3 rings (SSSR count). The van der Waals surface area contributed by atoms with Crippen molar-refractivity contribution in [2.24, 2.45) is 11.8 Å². The summed E-state index contributed by atoms with van der Waals surface area (Å²) in [6.07, 6.45) is 6.37. The molecule has 1 fully saturated rings. The van der Waals surface area contributed by atoms with Gasteiger partial charge in [0.1, 0.15) is 16.9 Å². The van der Waals surface area contributed by atoms with Crippen molar-refractivity contribution in [1.82, 2.24) is 4.98 Å². The zero-order chi connectivity index (χ0) is 20.9. The Morgan fingerprint density at radius 3 is 2.90 bits per heavy atom. The number of benzene rings is 1. The van der Waals surface area contributed by atoms with Crippen LogP contribution in [-0.4, -0.2) is 29.7 Å². The van der Waals surface area contributed by atoms with Crippen LogP contribution in [0.4, 0.5) is 5.69 Å². The molecule has 1 aromatic heterocycles. The molecule has 0 bridgehead atoms. The number of hydrogen-bond acceptors (Lipinski definition) is 4. The van der Waals surface area contributed by atoms with Gasteiger partial charge in [-0.3, -0.25) is 9.78 Å². The lowest BCUT2D eigenvalue weighted by Gasteiger charge is -2.38. The van der Waals surface area contributed by atoms with Gasteiger partial charge in [0.05, 0.1) is 12.3 Å². The highest BCUT2D eigenvalue weighted by Crippen LogP contribution is 2.37. The fraction of sp³-hybridized carbons (Fsp3) is 0.583. The zero-order valence-electron chi connectivity index (χ0n) is 18.2. The fourth-order valence-electron chi connectivity index (χ4n) is 4.07. The number of aromatic nitrogens is 1. The molecule has 1 N–H and O–H groups in total. The Morgan fingerprint density at radius 2 is 2.17 bits per heavy atom. The van der Waals surface area contributed by atoms with Gasteiger partial charge in [0.2, 0.25) is 0 Å². The molecule has 2 aromatic rings. The van der Waals surface area contributed by atoms with E-state index in [4.69, 9.17) is 9.47 Å². The lowest BCUT2D eigenvalue weighted by Crippen LogP contribution is -2.48. The largest absolute Gasteiger partial charge is 0.491 e. The van der Waals surface area contributed by atoms with Crippen molar-refractivity contribution < 1.29 is 14.3 Å². The summed E-state index contributed by atoms with van der Waals surface area (Å²) in [6.45, 7) is 9.74. The molecule has 2 atom stereocenters. The van der Waals surface area contributed by atoms with Crippen LogP contribution < -0.4 is 10.1 Å². The average Bonchev–Trinajstić information content (AvgIpc) is 2.71. The summed E-state index contributed by atoms with van der Waals surface area (Å²) in [5, 5.41) is 4.04. The van der Waals surface area contributed by atoms with Crippen LogP contribution >= 0.6 is 0 Å². The summed E-state index contributed by atoms with van der Waals surface area (Å²) in [5.74, 6) is 1.61. The summed E-state index contributed by atoms with van der Waals surface area (Å²) in [6, 6.07) is 7.67. The van der Waals surface area contributed by atoms with Gasteiger partial charge in [0.25, 0.3) is 5.91 Å². The summed E-state index contributed by atoms with van der Waals surface area (Å²) in [4.78, 5) is 17.9. The minimum Gasteiger partial charge on any atom is -0.491 e. The number of nitrogens with one attached hydrogen (secondary N) is 1. The number of hydrogen-bond donors (Lipinski definition) is 1. The number of ether oxygens (including phenoxy) is 2. The first-order valence-corrected chi connectivity index (χ1v) is 10.9. The van der Waals surface area contributed by atoms with Crippen LogP contribution in [0.1, 0.15) is 59.8 Å². The maximum atomic E-state index is 13.4. The van der Waals surface area contributed by atoms with E-state index in [-0.39, 0.29) is 5.91 Å². The van der Waals surface area contributed by atoms with E-state index in [1.807, 2.05) is 24.3 Å². The Labute approximate surface area is 174 Å². The van der Waals surface area contributed by atoms with E-state index in [2.05, 4.69) is 38.0 Å². The van der Waals surface area contributed by atoms with Gasteiger partial charge in [-0.15, -0.1) is 0 Å². The van der Waals surface area contributed by atoms with Gasteiger partial charge < -0.3 is 14.8 Å². The van der Waals surface area contributed by atoms with Crippen LogP contribution in [-0.2, 0) is 9.53 Å². The number of anilines is 1. The molecule has 158 valence electrons. The third-order valence-electron chi connectivity index (χ3n) is 5.51. The smallest absolute Gasteiger partial charge is 0.256 e. The Bertz CT molecular complexity index is 836. The monoisotopic (exact) mass is 398 g/mol. The van der Waals surface area contributed by atoms with Gasteiger partial charge in [0.15, 0.2) is 0 Å². The lowest BCUT2D eigenvalue weighted by atomic mass is 9.78. The van der Waals surface area contributed by atoms with E-state index in [9.17, 15) is 4.79 Å². The maximum absolute atomic E-state index is 13.4. The van der Waals surface area contributed by atoms with Gasteiger partial charge in [-0.1, -0.05) is 34.1 Å². The molecule has 1 saturated carbocycles. The first kappa shape index (κ1) is 21.6. The van der Waals surface area contributed by atoms with Crippen molar-refractivity contribution in [3.05, 3.63) is 30.5 Å². The zero-order valence-corrected chi connectivity index (χ0v) is 18.2. The van der Waals surface area contributed by atoms with Crippen molar-refractivity contribution in [2.45, 2.75) is 65.4 Å². The number of amides is 1. The van der Waals surface area contributed by atoms with Gasteiger partial charge in [-0.25, -0.2) is 0 Å². The van der Waals surface area contributed by atoms with Crippen LogP contribution in [0.2, 0.25) is 0 Å². The van der Waals surface area contributed by atoms with Crippen molar-refractivity contribution in [3.63, 3.8) is 0 Å². The van der Waals surface area contributed by atoms with Crippen molar-refractivity contribution >= 4 is 22.5 Å². The first-order valence-electron chi connectivity index (χ1n) is 10.9. The highest BCUT2D eigenvalue weighted by molar-refractivity contribution is 6.05. The molecular weight excluding hydrogens is 364 g/mol. The molecule has 0 unspecified atom stereocenters. The molecular formula is C24H34N2O3.